The molecule has 3 aliphatic rings. The molecule has 1 aromatic carbocycles. The lowest BCUT2D eigenvalue weighted by molar-refractivity contribution is -0.141. The first-order valence-corrected chi connectivity index (χ1v) is 10.7. The smallest absolute Gasteiger partial charge is 0.344 e. The van der Waals surface area contributed by atoms with Gasteiger partial charge in [0.05, 0.1) is 17.8 Å². The van der Waals surface area contributed by atoms with E-state index < -0.39 is 28.5 Å². The molecule has 0 fully saturated rings. The van der Waals surface area contributed by atoms with Crippen LogP contribution >= 0.6 is 0 Å². The summed E-state index contributed by atoms with van der Waals surface area (Å²) in [7, 11) is 0. The number of benzene rings is 1. The van der Waals surface area contributed by atoms with Gasteiger partial charge in [-0.2, -0.15) is 0 Å². The second kappa shape index (κ2) is 6.60. The monoisotopic (exact) mass is 448 g/mol. The number of amides is 1. The molecule has 1 amide bonds. The topological polar surface area (TPSA) is 112 Å². The molecule has 0 aliphatic carbocycles. The third-order valence-electron chi connectivity index (χ3n) is 6.49. The average molecular weight is 448 g/mol. The quantitative estimate of drug-likeness (QED) is 0.703. The molecule has 1 atom stereocenters. The minimum absolute atomic E-state index is 0.0536. The number of para-hydroxylation sites is 1. The van der Waals surface area contributed by atoms with E-state index in [-0.39, 0.29) is 29.4 Å². The third-order valence-corrected chi connectivity index (χ3v) is 6.49. The highest BCUT2D eigenvalue weighted by Gasteiger charge is 2.65. The molecule has 0 radical (unpaired) electrons. The van der Waals surface area contributed by atoms with E-state index in [4.69, 9.17) is 19.6 Å². The number of hydrogen-bond acceptors (Lipinski definition) is 7. The highest BCUT2D eigenvalue weighted by molar-refractivity contribution is 6.21. The van der Waals surface area contributed by atoms with Gasteiger partial charge in [0, 0.05) is 17.2 Å². The van der Waals surface area contributed by atoms with Crippen LogP contribution in [0.5, 0.6) is 5.75 Å². The lowest BCUT2D eigenvalue weighted by atomic mass is 9.68. The van der Waals surface area contributed by atoms with Crippen LogP contribution in [0.3, 0.4) is 0 Å². The predicted octanol–water partition coefficient (Wildman–Crippen LogP) is 2.90. The van der Waals surface area contributed by atoms with Gasteiger partial charge in [0.1, 0.15) is 28.1 Å². The van der Waals surface area contributed by atoms with Crippen LogP contribution in [0.25, 0.3) is 5.57 Å². The number of anilines is 1. The molecular weight excluding hydrogens is 424 g/mol. The molecule has 33 heavy (non-hydrogen) atoms. The second-order valence-corrected chi connectivity index (χ2v) is 9.02. The second-order valence-electron chi connectivity index (χ2n) is 9.02. The maximum Gasteiger partial charge on any atom is 0.344 e. The largest absolute Gasteiger partial charge is 0.462 e. The zero-order chi connectivity index (χ0) is 23.9. The van der Waals surface area contributed by atoms with Crippen molar-refractivity contribution in [2.75, 3.05) is 11.5 Å². The molecule has 2 N–H and O–H groups in total. The Kier molecular flexibility index (Phi) is 4.21. The van der Waals surface area contributed by atoms with Crippen molar-refractivity contribution in [3.63, 3.8) is 0 Å². The zero-order valence-electron chi connectivity index (χ0n) is 19.1. The zero-order valence-corrected chi connectivity index (χ0v) is 19.1. The average Bonchev–Trinajstić information content (AvgIpc) is 2.96. The lowest BCUT2D eigenvalue weighted by Crippen LogP contribution is -2.55. The van der Waals surface area contributed by atoms with Crippen molar-refractivity contribution in [2.24, 2.45) is 5.73 Å². The van der Waals surface area contributed by atoms with E-state index in [0.717, 1.165) is 11.1 Å². The molecule has 2 aromatic rings. The fraction of sp³-hybridized carbons (Fsp3) is 0.320. The van der Waals surface area contributed by atoms with Gasteiger partial charge in [0.15, 0.2) is 0 Å². The summed E-state index contributed by atoms with van der Waals surface area (Å²) < 4.78 is 16.4. The minimum atomic E-state index is -1.86. The molecule has 0 bridgehead atoms. The molecule has 0 unspecified atom stereocenters. The standard InChI is InChI=1S/C25H24N2O6/c1-6-31-21(28)18-20(26)33-16-10-13(3)32-22(29)17(16)25(18)15-9-7-8-14-12(2)11-24(4,5)27(19(14)15)23(25)30/h7-11H,6,26H2,1-5H3/t25-/m1/s1. The highest BCUT2D eigenvalue weighted by Crippen LogP contribution is 2.59. The lowest BCUT2D eigenvalue weighted by Gasteiger charge is -2.40. The van der Waals surface area contributed by atoms with Gasteiger partial charge < -0.3 is 24.5 Å². The predicted molar refractivity (Wildman–Crippen MR) is 121 cm³/mol. The van der Waals surface area contributed by atoms with Crippen LogP contribution in [0.15, 0.2) is 51.0 Å². The van der Waals surface area contributed by atoms with Crippen molar-refractivity contribution >= 4 is 23.1 Å². The summed E-state index contributed by atoms with van der Waals surface area (Å²) in [5.74, 6) is -1.21. The first-order chi connectivity index (χ1) is 15.6. The van der Waals surface area contributed by atoms with Crippen LogP contribution in [0.2, 0.25) is 0 Å². The van der Waals surface area contributed by atoms with Crippen molar-refractivity contribution in [1.82, 2.24) is 0 Å². The van der Waals surface area contributed by atoms with E-state index in [1.807, 2.05) is 32.9 Å². The van der Waals surface area contributed by atoms with Gasteiger partial charge in [-0.15, -0.1) is 0 Å². The van der Waals surface area contributed by atoms with Crippen molar-refractivity contribution in [3.05, 3.63) is 74.7 Å². The summed E-state index contributed by atoms with van der Waals surface area (Å²) in [4.78, 5) is 42.7. The number of carbonyl (C=O) groups is 2. The van der Waals surface area contributed by atoms with Crippen LogP contribution in [-0.2, 0) is 19.7 Å². The van der Waals surface area contributed by atoms with Gasteiger partial charge >= 0.3 is 11.6 Å². The number of nitrogens with zero attached hydrogens (tertiary/aromatic N) is 1. The fourth-order valence-electron chi connectivity index (χ4n) is 5.43. The number of aryl methyl sites for hydroxylation is 1. The van der Waals surface area contributed by atoms with Crippen molar-refractivity contribution in [2.45, 2.75) is 45.6 Å². The Morgan fingerprint density at radius 3 is 2.64 bits per heavy atom. The van der Waals surface area contributed by atoms with Gasteiger partial charge in [0.25, 0.3) is 0 Å². The normalized spacial score (nSPS) is 22.0. The van der Waals surface area contributed by atoms with Gasteiger partial charge in [0.2, 0.25) is 11.8 Å². The van der Waals surface area contributed by atoms with E-state index in [2.05, 4.69) is 0 Å². The maximum absolute atomic E-state index is 14.5. The Labute approximate surface area is 190 Å². The summed E-state index contributed by atoms with van der Waals surface area (Å²) in [6.07, 6.45) is 1.99. The Morgan fingerprint density at radius 1 is 1.21 bits per heavy atom. The third kappa shape index (κ3) is 2.49. The van der Waals surface area contributed by atoms with Gasteiger partial charge in [-0.25, -0.2) is 9.59 Å². The number of carbonyl (C=O) groups excluding carboxylic acids is 2. The SMILES string of the molecule is CCOC(=O)C1=C(N)Oc2cc(C)oc(=O)c2[C@@]12C(=O)N1c3c(cccc32)C(C)=CC1(C)C. The number of ether oxygens (including phenoxy) is 2. The van der Waals surface area contributed by atoms with Crippen molar-refractivity contribution in [3.8, 4) is 5.75 Å². The van der Waals surface area contributed by atoms with E-state index in [1.165, 1.54) is 6.07 Å². The molecule has 3 aliphatic heterocycles. The Bertz CT molecular complexity index is 1380. The number of hydrogen-bond donors (Lipinski definition) is 1. The first-order valence-electron chi connectivity index (χ1n) is 10.7. The number of nitrogens with two attached hydrogens (primary N) is 1. The van der Waals surface area contributed by atoms with Crippen LogP contribution in [0.4, 0.5) is 5.69 Å². The summed E-state index contributed by atoms with van der Waals surface area (Å²) in [5.41, 5.74) is 5.54. The van der Waals surface area contributed by atoms with Crippen LogP contribution in [0.1, 0.15) is 50.1 Å². The van der Waals surface area contributed by atoms with Gasteiger partial charge in [-0.1, -0.05) is 24.3 Å². The molecule has 1 spiro atoms. The molecule has 0 saturated heterocycles. The van der Waals surface area contributed by atoms with Crippen molar-refractivity contribution in [1.29, 1.82) is 0 Å². The van der Waals surface area contributed by atoms with E-state index >= 15 is 0 Å². The van der Waals surface area contributed by atoms with Crippen LogP contribution in [-0.4, -0.2) is 24.0 Å². The molecule has 0 saturated carbocycles. The van der Waals surface area contributed by atoms with Crippen LogP contribution < -0.4 is 21.0 Å². The van der Waals surface area contributed by atoms with Crippen molar-refractivity contribution < 1.29 is 23.5 Å². The highest BCUT2D eigenvalue weighted by atomic mass is 16.5. The number of esters is 1. The summed E-state index contributed by atoms with van der Waals surface area (Å²) in [6.45, 7) is 9.08. The van der Waals surface area contributed by atoms with Gasteiger partial charge in [-0.05, 0) is 40.2 Å². The first kappa shape index (κ1) is 21.1. The summed E-state index contributed by atoms with van der Waals surface area (Å²) in [5, 5.41) is 0. The Hall–Kier alpha value is -3.81. The molecule has 170 valence electrons. The molecule has 8 nitrogen and oxygen atoms in total. The van der Waals surface area contributed by atoms with Crippen LogP contribution in [0, 0.1) is 6.92 Å². The molecule has 4 heterocycles. The fourth-order valence-corrected chi connectivity index (χ4v) is 5.43. The van der Waals surface area contributed by atoms with E-state index in [1.54, 1.807) is 30.9 Å². The number of fused-ring (bicyclic) bond motifs is 3. The number of rotatable bonds is 2. The van der Waals surface area contributed by atoms with Gasteiger partial charge in [-0.3, -0.25) is 4.79 Å². The molecule has 1 aromatic heterocycles. The van der Waals surface area contributed by atoms with E-state index in [9.17, 15) is 14.4 Å². The Balaban J connectivity index is 1.98. The Morgan fingerprint density at radius 2 is 1.94 bits per heavy atom. The van der Waals surface area contributed by atoms with E-state index in [0.29, 0.717) is 17.0 Å². The summed E-state index contributed by atoms with van der Waals surface area (Å²) >= 11 is 0. The maximum atomic E-state index is 14.5. The molecule has 5 rings (SSSR count). The minimum Gasteiger partial charge on any atom is -0.462 e. The molecule has 8 heteroatoms. The summed E-state index contributed by atoms with van der Waals surface area (Å²) in [6, 6.07) is 6.95. The molecular formula is C25H24N2O6. The number of allylic oxidation sites excluding steroid dienone is 1.